The molecule has 9 heteroatoms. The van der Waals surface area contributed by atoms with E-state index < -0.39 is 11.4 Å². The van der Waals surface area contributed by atoms with Crippen LogP contribution in [0, 0.1) is 28.6 Å². The minimum atomic E-state index is -0.760. The van der Waals surface area contributed by atoms with Gasteiger partial charge in [0.15, 0.2) is 0 Å². The lowest BCUT2D eigenvalue weighted by Crippen LogP contribution is -2.51. The van der Waals surface area contributed by atoms with Crippen LogP contribution >= 0.6 is 0 Å². The Labute approximate surface area is 235 Å². The van der Waals surface area contributed by atoms with Gasteiger partial charge in [-0.15, -0.1) is 0 Å². The van der Waals surface area contributed by atoms with Gasteiger partial charge in [-0.3, -0.25) is 19.1 Å². The number of ether oxygens (including phenoxy) is 1. The van der Waals surface area contributed by atoms with Crippen molar-refractivity contribution in [2.24, 2.45) is 35.6 Å². The van der Waals surface area contributed by atoms with Crippen LogP contribution in [-0.2, 0) is 16.6 Å². The smallest absolute Gasteiger partial charge is 0.309 e. The second-order valence-corrected chi connectivity index (χ2v) is 13.6. The molecule has 2 amide bonds. The first-order valence-electron chi connectivity index (χ1n) is 15.0. The topological polar surface area (TPSA) is 123 Å². The lowest BCUT2D eigenvalue weighted by molar-refractivity contribution is -0.150. The highest BCUT2D eigenvalue weighted by Crippen LogP contribution is 2.49. The number of nitrogens with one attached hydrogen (secondary N) is 2. The zero-order valence-corrected chi connectivity index (χ0v) is 23.9. The zero-order valence-electron chi connectivity index (χ0n) is 23.9. The molecule has 1 aromatic heterocycles. The van der Waals surface area contributed by atoms with Crippen LogP contribution in [-0.4, -0.2) is 51.4 Å². The molecule has 4 aliphatic rings. The maximum absolute atomic E-state index is 13.7. The van der Waals surface area contributed by atoms with Crippen LogP contribution in [0.4, 0.5) is 0 Å². The molecule has 4 saturated carbocycles. The molecule has 2 bridgehead atoms. The number of aryl methyl sites for hydroxylation is 1. The number of carbonyl (C=O) groups excluding carboxylic acids is 2. The number of fused-ring (bicyclic) bond motifs is 3. The quantitative estimate of drug-likeness (QED) is 0.447. The first kappa shape index (κ1) is 27.1. The molecule has 0 aliphatic heterocycles. The highest BCUT2D eigenvalue weighted by molar-refractivity contribution is 6.00. The van der Waals surface area contributed by atoms with Gasteiger partial charge in [0.1, 0.15) is 5.75 Å². The van der Waals surface area contributed by atoms with Crippen molar-refractivity contribution in [3.63, 3.8) is 0 Å². The van der Waals surface area contributed by atoms with E-state index >= 15 is 0 Å². The van der Waals surface area contributed by atoms with E-state index in [0.29, 0.717) is 55.4 Å². The van der Waals surface area contributed by atoms with Crippen molar-refractivity contribution < 1.29 is 24.2 Å². The van der Waals surface area contributed by atoms with Crippen LogP contribution in [0.1, 0.15) is 88.4 Å². The second-order valence-electron chi connectivity index (χ2n) is 13.6. The van der Waals surface area contributed by atoms with Crippen LogP contribution in [0.5, 0.6) is 5.75 Å². The van der Waals surface area contributed by atoms with E-state index in [1.807, 2.05) is 13.1 Å². The number of carboxylic acid groups (broad SMARTS) is 1. The van der Waals surface area contributed by atoms with Crippen molar-refractivity contribution in [1.82, 2.24) is 20.4 Å². The summed E-state index contributed by atoms with van der Waals surface area (Å²) in [6.07, 6.45) is 10.6. The normalized spacial score (nSPS) is 32.4. The summed E-state index contributed by atoms with van der Waals surface area (Å²) < 4.78 is 8.15. The van der Waals surface area contributed by atoms with Gasteiger partial charge >= 0.3 is 5.97 Å². The molecule has 0 saturated heterocycles. The number of aliphatic carboxylic acids is 1. The van der Waals surface area contributed by atoms with Gasteiger partial charge in [0.2, 0.25) is 5.91 Å². The predicted octanol–water partition coefficient (Wildman–Crippen LogP) is 4.44. The van der Waals surface area contributed by atoms with Gasteiger partial charge < -0.3 is 20.5 Å². The monoisotopic (exact) mass is 550 g/mol. The minimum Gasteiger partial charge on any atom is -0.490 e. The van der Waals surface area contributed by atoms with Gasteiger partial charge in [-0.2, -0.15) is 5.10 Å². The lowest BCUT2D eigenvalue weighted by atomic mass is 9.70. The summed E-state index contributed by atoms with van der Waals surface area (Å²) in [5.74, 6) is 0.184. The van der Waals surface area contributed by atoms with Gasteiger partial charge in [-0.1, -0.05) is 13.3 Å². The lowest BCUT2D eigenvalue weighted by Gasteiger charge is -2.39. The van der Waals surface area contributed by atoms with E-state index in [-0.39, 0.29) is 35.3 Å². The number of hydrogen-bond donors (Lipinski definition) is 3. The second kappa shape index (κ2) is 10.1. The fourth-order valence-electron chi connectivity index (χ4n) is 7.67. The Bertz CT molecular complexity index is 1320. The molecule has 2 aromatic rings. The molecule has 0 unspecified atom stereocenters. The van der Waals surface area contributed by atoms with E-state index in [9.17, 15) is 19.5 Å². The number of nitrogens with zero attached hydrogens (tertiary/aromatic N) is 2. The van der Waals surface area contributed by atoms with E-state index in [4.69, 9.17) is 4.74 Å². The summed E-state index contributed by atoms with van der Waals surface area (Å²) >= 11 is 0. The minimum absolute atomic E-state index is 0.0855. The molecule has 6 rings (SSSR count). The Kier molecular flexibility index (Phi) is 6.82. The maximum atomic E-state index is 13.7. The summed E-state index contributed by atoms with van der Waals surface area (Å²) in [6.45, 7) is 4.75. The molecule has 40 heavy (non-hydrogen) atoms. The van der Waals surface area contributed by atoms with Crippen LogP contribution in [0.3, 0.4) is 0 Å². The summed E-state index contributed by atoms with van der Waals surface area (Å²) in [5.41, 5.74) is 0.779. The predicted molar refractivity (Wildman–Crippen MR) is 150 cm³/mol. The molecular formula is C31H42N4O5. The summed E-state index contributed by atoms with van der Waals surface area (Å²) in [4.78, 5) is 38.7. The van der Waals surface area contributed by atoms with Crippen molar-refractivity contribution in [1.29, 1.82) is 0 Å². The van der Waals surface area contributed by atoms with Crippen LogP contribution < -0.4 is 15.4 Å². The molecular weight excluding hydrogens is 508 g/mol. The third kappa shape index (κ3) is 4.85. The molecule has 0 radical (unpaired) electrons. The Morgan fingerprint density at radius 2 is 1.80 bits per heavy atom. The number of aromatic nitrogens is 2. The Morgan fingerprint density at radius 3 is 2.48 bits per heavy atom. The van der Waals surface area contributed by atoms with Gasteiger partial charge in [0.05, 0.1) is 34.5 Å². The number of benzene rings is 1. The first-order valence-corrected chi connectivity index (χ1v) is 15.0. The van der Waals surface area contributed by atoms with Crippen molar-refractivity contribution in [3.8, 4) is 5.75 Å². The van der Waals surface area contributed by atoms with Crippen LogP contribution in [0.25, 0.3) is 10.9 Å². The number of hydrogen-bond acceptors (Lipinski definition) is 5. The third-order valence-electron chi connectivity index (χ3n) is 10.7. The van der Waals surface area contributed by atoms with E-state index in [0.717, 1.165) is 43.0 Å². The SMILES string of the molecule is Cn1ncc2c(OC3CCC(C)(C(=O)O)CC3)cc(C(=O)N[C@@H]3[C@H]4CC[C@H](C4)[C@@H]3C(=O)NCC3(C)CCC3)cc21. The first-order chi connectivity index (χ1) is 19.1. The Balaban J connectivity index is 1.18. The average molecular weight is 551 g/mol. The van der Waals surface area contributed by atoms with Crippen molar-refractivity contribution >= 4 is 28.7 Å². The number of rotatable bonds is 8. The molecule has 3 N–H and O–H groups in total. The highest BCUT2D eigenvalue weighted by atomic mass is 16.5. The van der Waals surface area contributed by atoms with E-state index in [2.05, 4.69) is 22.7 Å². The molecule has 9 nitrogen and oxygen atoms in total. The number of carbonyl (C=O) groups is 3. The third-order valence-corrected chi connectivity index (χ3v) is 10.7. The van der Waals surface area contributed by atoms with Crippen molar-refractivity contribution in [2.75, 3.05) is 6.54 Å². The fourth-order valence-corrected chi connectivity index (χ4v) is 7.67. The standard InChI is InChI=1S/C31H42N4O5/c1-30(9-4-10-30)17-32-28(37)25-18-5-6-19(13-18)26(25)34-27(36)20-14-23-22(16-33-35(23)3)24(15-20)40-21-7-11-31(2,12-8-21)29(38)39/h14-16,18-19,21,25-26H,4-13,17H2,1-3H3,(H,32,37)(H,34,36)(H,38,39)/t18-,19+,21?,25+,26-,31?/m1/s1. The van der Waals surface area contributed by atoms with Gasteiger partial charge in [-0.05, 0) is 94.1 Å². The number of carboxylic acids is 1. The molecule has 1 aromatic carbocycles. The molecule has 4 atom stereocenters. The molecule has 4 aliphatic carbocycles. The molecule has 1 heterocycles. The Hall–Kier alpha value is -3.10. The fraction of sp³-hybridized carbons (Fsp3) is 0.677. The molecule has 216 valence electrons. The zero-order chi connectivity index (χ0) is 28.2. The summed E-state index contributed by atoms with van der Waals surface area (Å²) in [7, 11) is 1.84. The molecule has 0 spiro atoms. The largest absolute Gasteiger partial charge is 0.490 e. The summed E-state index contributed by atoms with van der Waals surface area (Å²) in [6, 6.07) is 3.45. The number of amides is 2. The molecule has 4 fully saturated rings. The van der Waals surface area contributed by atoms with Gasteiger partial charge in [-0.25, -0.2) is 0 Å². The maximum Gasteiger partial charge on any atom is 0.309 e. The van der Waals surface area contributed by atoms with E-state index in [1.54, 1.807) is 23.9 Å². The Morgan fingerprint density at radius 1 is 1.07 bits per heavy atom. The van der Waals surface area contributed by atoms with Gasteiger partial charge in [0, 0.05) is 25.2 Å². The summed E-state index contributed by atoms with van der Waals surface area (Å²) in [5, 5.41) is 21.3. The van der Waals surface area contributed by atoms with Crippen LogP contribution in [0.15, 0.2) is 18.3 Å². The average Bonchev–Trinajstić information content (AvgIpc) is 3.63. The highest BCUT2D eigenvalue weighted by Gasteiger charge is 2.51. The van der Waals surface area contributed by atoms with Crippen LogP contribution in [0.2, 0.25) is 0 Å². The van der Waals surface area contributed by atoms with Crippen molar-refractivity contribution in [2.45, 2.75) is 90.2 Å². The van der Waals surface area contributed by atoms with E-state index in [1.165, 1.54) is 6.42 Å². The van der Waals surface area contributed by atoms with Crippen molar-refractivity contribution in [3.05, 3.63) is 23.9 Å². The van der Waals surface area contributed by atoms with Gasteiger partial charge in [0.25, 0.3) is 5.91 Å².